The van der Waals surface area contributed by atoms with Gasteiger partial charge in [0.1, 0.15) is 0 Å². The molecule has 0 saturated carbocycles. The van der Waals surface area contributed by atoms with E-state index in [1.165, 1.54) is 11.6 Å². The van der Waals surface area contributed by atoms with Crippen molar-refractivity contribution in [3.63, 3.8) is 0 Å². The number of methoxy groups -OCH3 is 1. The zero-order valence-corrected chi connectivity index (χ0v) is 22.0. The van der Waals surface area contributed by atoms with Gasteiger partial charge in [-0.3, -0.25) is 4.99 Å². The Morgan fingerprint density at radius 2 is 2.12 bits per heavy atom. The summed E-state index contributed by atoms with van der Waals surface area (Å²) in [7, 11) is 1.65. The third-order valence-corrected chi connectivity index (χ3v) is 5.33. The van der Waals surface area contributed by atoms with Crippen molar-refractivity contribution in [2.75, 3.05) is 44.8 Å². The number of anilines is 1. The third kappa shape index (κ3) is 7.90. The molecule has 1 unspecified atom stereocenters. The first-order chi connectivity index (χ1) is 15.6. The van der Waals surface area contributed by atoms with Gasteiger partial charge in [-0.05, 0) is 62.9 Å². The van der Waals surface area contributed by atoms with Gasteiger partial charge < -0.3 is 25.0 Å². The van der Waals surface area contributed by atoms with Crippen LogP contribution in [0.2, 0.25) is 0 Å². The normalized spacial score (nSPS) is 15.7. The van der Waals surface area contributed by atoms with Crippen LogP contribution in [0.25, 0.3) is 0 Å². The Morgan fingerprint density at radius 1 is 1.27 bits per heavy atom. The quantitative estimate of drug-likeness (QED) is 0.195. The highest BCUT2D eigenvalue weighted by Crippen LogP contribution is 2.28. The average molecular weight is 571 g/mol. The summed E-state index contributed by atoms with van der Waals surface area (Å²) in [5.41, 5.74) is 1.20. The van der Waals surface area contributed by atoms with Crippen molar-refractivity contribution in [1.82, 2.24) is 15.6 Å². The van der Waals surface area contributed by atoms with Crippen LogP contribution in [0.3, 0.4) is 0 Å². The summed E-state index contributed by atoms with van der Waals surface area (Å²) in [5.74, 6) is 2.47. The Hall–Kier alpha value is -2.30. The van der Waals surface area contributed by atoms with Crippen LogP contribution in [-0.4, -0.2) is 56.9 Å². The van der Waals surface area contributed by atoms with Gasteiger partial charge in [0.2, 0.25) is 0 Å². The van der Waals surface area contributed by atoms with E-state index in [2.05, 4.69) is 21.7 Å². The molecule has 1 saturated heterocycles. The second-order valence-electron chi connectivity index (χ2n) is 7.67. The summed E-state index contributed by atoms with van der Waals surface area (Å²) in [5, 5.41) is 6.80. The molecule has 182 valence electrons. The van der Waals surface area contributed by atoms with Crippen molar-refractivity contribution in [1.29, 1.82) is 0 Å². The largest absolute Gasteiger partial charge is 0.493 e. The van der Waals surface area contributed by atoms with Crippen LogP contribution < -0.4 is 25.0 Å². The SMILES string of the molecule is CCNC(=NCCCc1ccc(OC)c(OCC)c1)NC1CCN(c2ncccc2F)C1.I. The molecule has 9 heteroatoms. The number of nitrogens with zero attached hydrogens (tertiary/aromatic N) is 3. The number of halogens is 2. The van der Waals surface area contributed by atoms with E-state index in [4.69, 9.17) is 14.5 Å². The van der Waals surface area contributed by atoms with E-state index in [9.17, 15) is 4.39 Å². The Bertz CT molecular complexity index is 899. The summed E-state index contributed by atoms with van der Waals surface area (Å²) in [6.45, 7) is 7.58. The maximum Gasteiger partial charge on any atom is 0.191 e. The summed E-state index contributed by atoms with van der Waals surface area (Å²) in [6.07, 6.45) is 4.37. The lowest BCUT2D eigenvalue weighted by Gasteiger charge is -2.20. The number of aromatic nitrogens is 1. The molecule has 1 atom stereocenters. The van der Waals surface area contributed by atoms with Crippen molar-refractivity contribution < 1.29 is 13.9 Å². The van der Waals surface area contributed by atoms with Gasteiger partial charge in [0.15, 0.2) is 29.1 Å². The van der Waals surface area contributed by atoms with Crippen LogP contribution in [0.5, 0.6) is 11.5 Å². The van der Waals surface area contributed by atoms with Crippen LogP contribution in [0, 0.1) is 5.82 Å². The lowest BCUT2D eigenvalue weighted by Crippen LogP contribution is -2.44. The summed E-state index contributed by atoms with van der Waals surface area (Å²) in [4.78, 5) is 10.9. The molecule has 2 heterocycles. The topological polar surface area (TPSA) is 71.0 Å². The maximum absolute atomic E-state index is 14.0. The van der Waals surface area contributed by atoms with Crippen molar-refractivity contribution >= 4 is 35.8 Å². The van der Waals surface area contributed by atoms with E-state index in [0.717, 1.165) is 49.8 Å². The van der Waals surface area contributed by atoms with Gasteiger partial charge in [0.25, 0.3) is 0 Å². The molecule has 0 amide bonds. The van der Waals surface area contributed by atoms with Gasteiger partial charge in [0, 0.05) is 38.4 Å². The predicted octanol–water partition coefficient (Wildman–Crippen LogP) is 4.01. The Balaban J connectivity index is 0.00000385. The van der Waals surface area contributed by atoms with Crippen molar-refractivity contribution in [2.24, 2.45) is 4.99 Å². The minimum Gasteiger partial charge on any atom is -0.493 e. The fourth-order valence-electron chi connectivity index (χ4n) is 3.81. The second-order valence-corrected chi connectivity index (χ2v) is 7.67. The molecule has 0 radical (unpaired) electrons. The van der Waals surface area contributed by atoms with Gasteiger partial charge in [-0.15, -0.1) is 24.0 Å². The zero-order chi connectivity index (χ0) is 22.8. The molecule has 2 N–H and O–H groups in total. The number of hydrogen-bond acceptors (Lipinski definition) is 5. The summed E-state index contributed by atoms with van der Waals surface area (Å²) >= 11 is 0. The third-order valence-electron chi connectivity index (χ3n) is 5.33. The molecule has 2 aromatic rings. The van der Waals surface area contributed by atoms with Gasteiger partial charge in [-0.1, -0.05) is 6.07 Å². The van der Waals surface area contributed by atoms with Gasteiger partial charge >= 0.3 is 0 Å². The number of nitrogens with one attached hydrogen (secondary N) is 2. The molecule has 0 spiro atoms. The molecule has 1 aliphatic rings. The number of pyridine rings is 1. The maximum atomic E-state index is 14.0. The molecule has 1 aromatic carbocycles. The average Bonchev–Trinajstić information content (AvgIpc) is 3.25. The number of hydrogen-bond donors (Lipinski definition) is 2. The van der Waals surface area contributed by atoms with Gasteiger partial charge in [0.05, 0.1) is 13.7 Å². The minimum absolute atomic E-state index is 0. The number of aliphatic imine (C=N–C) groups is 1. The number of benzene rings is 1. The molecule has 3 rings (SSSR count). The second kappa shape index (κ2) is 14.1. The molecule has 33 heavy (non-hydrogen) atoms. The Morgan fingerprint density at radius 3 is 2.85 bits per heavy atom. The Kier molecular flexibility index (Phi) is 11.5. The van der Waals surface area contributed by atoms with Crippen LogP contribution in [0.1, 0.15) is 32.3 Å². The van der Waals surface area contributed by atoms with Crippen LogP contribution >= 0.6 is 24.0 Å². The van der Waals surface area contributed by atoms with Crippen LogP contribution in [0.4, 0.5) is 10.2 Å². The van der Waals surface area contributed by atoms with Gasteiger partial charge in [-0.25, -0.2) is 9.37 Å². The number of ether oxygens (including phenoxy) is 2. The number of guanidine groups is 1. The van der Waals surface area contributed by atoms with E-state index in [1.807, 2.05) is 30.9 Å². The van der Waals surface area contributed by atoms with E-state index < -0.39 is 0 Å². The summed E-state index contributed by atoms with van der Waals surface area (Å²) in [6, 6.07) is 9.33. The van der Waals surface area contributed by atoms with Crippen molar-refractivity contribution in [2.45, 2.75) is 39.2 Å². The molecule has 1 aliphatic heterocycles. The lowest BCUT2D eigenvalue weighted by atomic mass is 10.1. The monoisotopic (exact) mass is 571 g/mol. The van der Waals surface area contributed by atoms with Crippen molar-refractivity contribution in [3.8, 4) is 11.5 Å². The molecule has 1 fully saturated rings. The Labute approximate surface area is 213 Å². The minimum atomic E-state index is -0.278. The van der Waals surface area contributed by atoms with E-state index in [0.29, 0.717) is 25.5 Å². The predicted molar refractivity (Wildman–Crippen MR) is 142 cm³/mol. The van der Waals surface area contributed by atoms with Crippen LogP contribution in [-0.2, 0) is 6.42 Å². The molecular formula is C24H35FIN5O2. The number of aryl methyl sites for hydroxylation is 1. The first kappa shape index (κ1) is 26.9. The lowest BCUT2D eigenvalue weighted by molar-refractivity contribution is 0.310. The highest BCUT2D eigenvalue weighted by atomic mass is 127. The fraction of sp³-hybridized carbons (Fsp3) is 0.500. The zero-order valence-electron chi connectivity index (χ0n) is 19.6. The fourth-order valence-corrected chi connectivity index (χ4v) is 3.81. The molecule has 7 nitrogen and oxygen atoms in total. The number of rotatable bonds is 10. The standard InChI is InChI=1S/C24H34FN5O2.HI/c1-4-26-24(29-19-12-15-30(17-19)23-20(25)9-7-13-27-23)28-14-6-8-18-10-11-21(31-3)22(16-18)32-5-2;/h7,9-11,13,16,19H,4-6,8,12,14-15,17H2,1-3H3,(H2,26,28,29);1H. The van der Waals surface area contributed by atoms with E-state index >= 15 is 0 Å². The van der Waals surface area contributed by atoms with E-state index in [-0.39, 0.29) is 35.8 Å². The molecular weight excluding hydrogens is 536 g/mol. The van der Waals surface area contributed by atoms with Gasteiger partial charge in [-0.2, -0.15) is 0 Å². The van der Waals surface area contributed by atoms with E-state index in [1.54, 1.807) is 19.4 Å². The van der Waals surface area contributed by atoms with Crippen LogP contribution in [0.15, 0.2) is 41.5 Å². The summed E-state index contributed by atoms with van der Waals surface area (Å²) < 4.78 is 25.0. The first-order valence-corrected chi connectivity index (χ1v) is 11.3. The van der Waals surface area contributed by atoms with Crippen molar-refractivity contribution in [3.05, 3.63) is 47.9 Å². The molecule has 0 bridgehead atoms. The first-order valence-electron chi connectivity index (χ1n) is 11.3. The smallest absolute Gasteiger partial charge is 0.191 e. The highest BCUT2D eigenvalue weighted by Gasteiger charge is 2.25. The molecule has 0 aliphatic carbocycles. The highest BCUT2D eigenvalue weighted by molar-refractivity contribution is 14.0. The molecule has 1 aromatic heterocycles.